The van der Waals surface area contributed by atoms with Gasteiger partial charge in [0.05, 0.1) is 17.1 Å². The first-order valence-corrected chi connectivity index (χ1v) is 5.79. The molecule has 2 aromatic carbocycles. The SMILES string of the molecule is C=C1Oc2c(C)cccc2N1c1ccccc1N. The fourth-order valence-corrected chi connectivity index (χ4v) is 2.20. The Morgan fingerprint density at radius 1 is 1.06 bits per heavy atom. The highest BCUT2D eigenvalue weighted by Crippen LogP contribution is 2.46. The normalized spacial score (nSPS) is 13.4. The highest BCUT2D eigenvalue weighted by Gasteiger charge is 2.28. The van der Waals surface area contributed by atoms with E-state index >= 15 is 0 Å². The van der Waals surface area contributed by atoms with Gasteiger partial charge in [0, 0.05) is 0 Å². The number of hydrogen-bond acceptors (Lipinski definition) is 3. The third-order valence-corrected chi connectivity index (χ3v) is 3.08. The van der Waals surface area contributed by atoms with Crippen LogP contribution in [0, 0.1) is 6.92 Å². The van der Waals surface area contributed by atoms with Crippen LogP contribution in [0.15, 0.2) is 54.9 Å². The molecule has 3 heteroatoms. The lowest BCUT2D eigenvalue weighted by Gasteiger charge is -2.19. The van der Waals surface area contributed by atoms with Gasteiger partial charge in [-0.25, -0.2) is 0 Å². The monoisotopic (exact) mass is 238 g/mol. The largest absolute Gasteiger partial charge is 0.439 e. The molecular formula is C15H14N2O. The van der Waals surface area contributed by atoms with Gasteiger partial charge >= 0.3 is 0 Å². The van der Waals surface area contributed by atoms with Crippen molar-refractivity contribution in [2.75, 3.05) is 10.6 Å². The Hall–Kier alpha value is -2.42. The molecule has 0 amide bonds. The first-order chi connectivity index (χ1) is 8.68. The van der Waals surface area contributed by atoms with Gasteiger partial charge in [0.2, 0.25) is 0 Å². The second-order valence-electron chi connectivity index (χ2n) is 4.31. The van der Waals surface area contributed by atoms with E-state index in [9.17, 15) is 0 Å². The molecule has 2 aromatic rings. The van der Waals surface area contributed by atoms with Crippen LogP contribution in [0.3, 0.4) is 0 Å². The summed E-state index contributed by atoms with van der Waals surface area (Å²) in [4.78, 5) is 1.94. The Bertz CT molecular complexity index is 634. The summed E-state index contributed by atoms with van der Waals surface area (Å²) < 4.78 is 5.74. The maximum atomic E-state index is 6.02. The third kappa shape index (κ3) is 1.44. The molecule has 0 aliphatic carbocycles. The van der Waals surface area contributed by atoms with Gasteiger partial charge < -0.3 is 10.5 Å². The van der Waals surface area contributed by atoms with Crippen molar-refractivity contribution in [3.8, 4) is 5.75 Å². The zero-order valence-electron chi connectivity index (χ0n) is 10.2. The number of para-hydroxylation sites is 3. The minimum Gasteiger partial charge on any atom is -0.439 e. The lowest BCUT2D eigenvalue weighted by atomic mass is 10.1. The second kappa shape index (κ2) is 3.81. The molecule has 1 heterocycles. The van der Waals surface area contributed by atoms with Crippen molar-refractivity contribution in [1.82, 2.24) is 0 Å². The summed E-state index contributed by atoms with van der Waals surface area (Å²) in [6.07, 6.45) is 0. The van der Waals surface area contributed by atoms with Gasteiger partial charge in [0.1, 0.15) is 0 Å². The van der Waals surface area contributed by atoms with Gasteiger partial charge in [0.15, 0.2) is 11.6 Å². The summed E-state index contributed by atoms with van der Waals surface area (Å²) >= 11 is 0. The van der Waals surface area contributed by atoms with Crippen LogP contribution >= 0.6 is 0 Å². The quantitative estimate of drug-likeness (QED) is 0.772. The summed E-state index contributed by atoms with van der Waals surface area (Å²) in [6, 6.07) is 13.7. The summed E-state index contributed by atoms with van der Waals surface area (Å²) in [5, 5.41) is 0. The molecule has 3 rings (SSSR count). The van der Waals surface area contributed by atoms with E-state index in [0.29, 0.717) is 11.6 Å². The number of hydrogen-bond donors (Lipinski definition) is 1. The molecule has 3 nitrogen and oxygen atoms in total. The molecule has 0 bridgehead atoms. The summed E-state index contributed by atoms with van der Waals surface area (Å²) in [7, 11) is 0. The lowest BCUT2D eigenvalue weighted by molar-refractivity contribution is 0.447. The zero-order chi connectivity index (χ0) is 12.7. The number of ether oxygens (including phenoxy) is 1. The fraction of sp³-hybridized carbons (Fsp3) is 0.0667. The number of nitrogens with two attached hydrogens (primary N) is 1. The second-order valence-corrected chi connectivity index (χ2v) is 4.31. The van der Waals surface area contributed by atoms with Gasteiger partial charge in [0.25, 0.3) is 0 Å². The fourth-order valence-electron chi connectivity index (χ4n) is 2.20. The molecule has 18 heavy (non-hydrogen) atoms. The first-order valence-electron chi connectivity index (χ1n) is 5.79. The lowest BCUT2D eigenvalue weighted by Crippen LogP contribution is -2.13. The Labute approximate surface area is 106 Å². The Morgan fingerprint density at radius 3 is 2.56 bits per heavy atom. The van der Waals surface area contributed by atoms with Gasteiger partial charge in [-0.1, -0.05) is 24.3 Å². The molecular weight excluding hydrogens is 224 g/mol. The number of aryl methyl sites for hydroxylation is 1. The van der Waals surface area contributed by atoms with Crippen LogP contribution in [0.1, 0.15) is 5.56 Å². The molecule has 90 valence electrons. The Balaban J connectivity index is 2.19. The standard InChI is InChI=1S/C15H14N2O/c1-10-6-5-9-14-15(10)18-11(2)17(14)13-8-4-3-7-12(13)16/h3-9H,2,16H2,1H3. The minimum absolute atomic E-state index is 0.581. The van der Waals surface area contributed by atoms with Crippen molar-refractivity contribution < 1.29 is 4.74 Å². The predicted molar refractivity (Wildman–Crippen MR) is 73.9 cm³/mol. The van der Waals surface area contributed by atoms with Crippen molar-refractivity contribution in [3.63, 3.8) is 0 Å². The summed E-state index contributed by atoms with van der Waals surface area (Å²) in [6.45, 7) is 5.97. The van der Waals surface area contributed by atoms with Crippen molar-refractivity contribution in [3.05, 3.63) is 60.5 Å². The highest BCUT2D eigenvalue weighted by atomic mass is 16.5. The van der Waals surface area contributed by atoms with E-state index < -0.39 is 0 Å². The van der Waals surface area contributed by atoms with Crippen LogP contribution in [0.25, 0.3) is 0 Å². The van der Waals surface area contributed by atoms with Crippen LogP contribution < -0.4 is 15.4 Å². The van der Waals surface area contributed by atoms with Crippen molar-refractivity contribution in [2.45, 2.75) is 6.92 Å². The van der Waals surface area contributed by atoms with Crippen molar-refractivity contribution in [2.24, 2.45) is 0 Å². The van der Waals surface area contributed by atoms with Gasteiger partial charge in [-0.15, -0.1) is 0 Å². The molecule has 1 aliphatic heterocycles. The number of nitrogens with zero attached hydrogens (tertiary/aromatic N) is 1. The minimum atomic E-state index is 0.581. The van der Waals surface area contributed by atoms with E-state index in [4.69, 9.17) is 10.5 Å². The number of anilines is 3. The predicted octanol–water partition coefficient (Wildman–Crippen LogP) is 3.58. The van der Waals surface area contributed by atoms with E-state index in [1.165, 1.54) is 0 Å². The van der Waals surface area contributed by atoms with Gasteiger partial charge in [-0.3, -0.25) is 4.90 Å². The summed E-state index contributed by atoms with van der Waals surface area (Å²) in [5.74, 6) is 1.43. The Kier molecular flexibility index (Phi) is 2.27. The average molecular weight is 238 g/mol. The zero-order valence-corrected chi connectivity index (χ0v) is 10.2. The van der Waals surface area contributed by atoms with Crippen molar-refractivity contribution in [1.29, 1.82) is 0 Å². The molecule has 0 aromatic heterocycles. The van der Waals surface area contributed by atoms with Crippen LogP contribution in [0.4, 0.5) is 17.1 Å². The number of nitrogen functional groups attached to an aromatic ring is 1. The number of fused-ring (bicyclic) bond motifs is 1. The topological polar surface area (TPSA) is 38.5 Å². The maximum Gasteiger partial charge on any atom is 0.198 e. The van der Waals surface area contributed by atoms with E-state index in [0.717, 1.165) is 22.7 Å². The van der Waals surface area contributed by atoms with E-state index in [-0.39, 0.29) is 0 Å². The smallest absolute Gasteiger partial charge is 0.198 e. The van der Waals surface area contributed by atoms with Crippen LogP contribution in [-0.2, 0) is 0 Å². The first kappa shape index (κ1) is 10.7. The average Bonchev–Trinajstić information content (AvgIpc) is 2.68. The maximum absolute atomic E-state index is 6.02. The molecule has 0 saturated carbocycles. The molecule has 0 radical (unpaired) electrons. The van der Waals surface area contributed by atoms with Crippen LogP contribution in [0.2, 0.25) is 0 Å². The molecule has 0 saturated heterocycles. The van der Waals surface area contributed by atoms with E-state index in [1.807, 2.05) is 54.3 Å². The van der Waals surface area contributed by atoms with Crippen LogP contribution in [0.5, 0.6) is 5.75 Å². The molecule has 0 spiro atoms. The van der Waals surface area contributed by atoms with Crippen LogP contribution in [-0.4, -0.2) is 0 Å². The van der Waals surface area contributed by atoms with Crippen molar-refractivity contribution >= 4 is 17.1 Å². The van der Waals surface area contributed by atoms with E-state index in [2.05, 4.69) is 6.58 Å². The number of rotatable bonds is 1. The molecule has 2 N–H and O–H groups in total. The number of benzene rings is 2. The summed E-state index contributed by atoms with van der Waals surface area (Å²) in [5.41, 5.74) is 9.69. The van der Waals surface area contributed by atoms with Gasteiger partial charge in [-0.2, -0.15) is 0 Å². The molecule has 0 atom stereocenters. The Morgan fingerprint density at radius 2 is 1.78 bits per heavy atom. The van der Waals surface area contributed by atoms with E-state index in [1.54, 1.807) is 0 Å². The molecule has 0 fully saturated rings. The molecule has 0 unspecified atom stereocenters. The highest BCUT2D eigenvalue weighted by molar-refractivity contribution is 5.83. The van der Waals surface area contributed by atoms with Gasteiger partial charge in [-0.05, 0) is 37.3 Å². The third-order valence-electron chi connectivity index (χ3n) is 3.08. The molecule has 1 aliphatic rings.